The van der Waals surface area contributed by atoms with Gasteiger partial charge in [-0.2, -0.15) is 0 Å². The van der Waals surface area contributed by atoms with E-state index in [2.05, 4.69) is 37.6 Å². The van der Waals surface area contributed by atoms with Crippen LogP contribution in [0.15, 0.2) is 27.5 Å². The number of benzene rings is 1. The first-order valence-corrected chi connectivity index (χ1v) is 10.6. The molecule has 28 heavy (non-hydrogen) atoms. The number of hydrogen-bond donors (Lipinski definition) is 3. The summed E-state index contributed by atoms with van der Waals surface area (Å²) in [7, 11) is 0. The molecule has 1 fully saturated rings. The molecule has 2 heterocycles. The summed E-state index contributed by atoms with van der Waals surface area (Å²) >= 11 is 3.56. The van der Waals surface area contributed by atoms with E-state index in [1.807, 2.05) is 32.9 Å². The van der Waals surface area contributed by atoms with Gasteiger partial charge in [0.15, 0.2) is 0 Å². The quantitative estimate of drug-likeness (QED) is 0.658. The van der Waals surface area contributed by atoms with Crippen molar-refractivity contribution in [1.82, 2.24) is 15.6 Å². The molecule has 0 spiro atoms. The van der Waals surface area contributed by atoms with Crippen LogP contribution in [-0.4, -0.2) is 24.0 Å². The lowest BCUT2D eigenvalue weighted by Crippen LogP contribution is -2.29. The van der Waals surface area contributed by atoms with Crippen molar-refractivity contribution in [1.29, 1.82) is 0 Å². The average Bonchev–Trinajstić information content (AvgIpc) is 2.64. The van der Waals surface area contributed by atoms with Crippen molar-refractivity contribution in [2.75, 3.05) is 13.1 Å². The van der Waals surface area contributed by atoms with Gasteiger partial charge in [0.1, 0.15) is 0 Å². The van der Waals surface area contributed by atoms with Crippen molar-refractivity contribution in [2.24, 2.45) is 5.92 Å². The number of aryl methyl sites for hydroxylation is 2. The van der Waals surface area contributed by atoms with Crippen LogP contribution in [-0.2, 0) is 13.0 Å². The molecule has 0 saturated carbocycles. The lowest BCUT2D eigenvalue weighted by atomic mass is 9.88. The molecule has 1 saturated heterocycles. The number of halogens is 1. The zero-order valence-electron chi connectivity index (χ0n) is 16.7. The van der Waals surface area contributed by atoms with E-state index in [1.165, 1.54) is 18.4 Å². The molecule has 1 aliphatic rings. The van der Waals surface area contributed by atoms with E-state index < -0.39 is 0 Å². The SMILES string of the molecule is Cc1cc(C)c(CNC(=O)c2cc(Br)cc(CC3CCNCC3)c2C)c(=O)[nH]1. The molecule has 1 aromatic carbocycles. The second kappa shape index (κ2) is 9.05. The van der Waals surface area contributed by atoms with E-state index in [9.17, 15) is 9.59 Å². The van der Waals surface area contributed by atoms with Crippen LogP contribution in [0.25, 0.3) is 0 Å². The average molecular weight is 446 g/mol. The predicted molar refractivity (Wildman–Crippen MR) is 116 cm³/mol. The monoisotopic (exact) mass is 445 g/mol. The zero-order valence-corrected chi connectivity index (χ0v) is 18.3. The largest absolute Gasteiger partial charge is 0.348 e. The van der Waals surface area contributed by atoms with Gasteiger partial charge in [-0.1, -0.05) is 15.9 Å². The van der Waals surface area contributed by atoms with Crippen molar-refractivity contribution in [3.8, 4) is 0 Å². The van der Waals surface area contributed by atoms with Crippen LogP contribution < -0.4 is 16.2 Å². The highest BCUT2D eigenvalue weighted by atomic mass is 79.9. The van der Waals surface area contributed by atoms with Gasteiger partial charge in [0.05, 0.1) is 0 Å². The number of hydrogen-bond acceptors (Lipinski definition) is 3. The van der Waals surface area contributed by atoms with Crippen LogP contribution in [0.5, 0.6) is 0 Å². The Balaban J connectivity index is 1.77. The van der Waals surface area contributed by atoms with E-state index in [4.69, 9.17) is 0 Å². The third-order valence-corrected chi connectivity index (χ3v) is 6.07. The number of rotatable bonds is 5. The number of aromatic nitrogens is 1. The van der Waals surface area contributed by atoms with Crippen LogP contribution in [0.4, 0.5) is 0 Å². The van der Waals surface area contributed by atoms with Gasteiger partial charge < -0.3 is 15.6 Å². The molecule has 1 aliphatic heterocycles. The summed E-state index contributed by atoms with van der Waals surface area (Å²) in [6.45, 7) is 8.11. The second-order valence-electron chi connectivity index (χ2n) is 7.76. The predicted octanol–water partition coefficient (Wildman–Crippen LogP) is 3.53. The number of amides is 1. The van der Waals surface area contributed by atoms with E-state index >= 15 is 0 Å². The van der Waals surface area contributed by atoms with E-state index in [1.54, 1.807) is 0 Å². The van der Waals surface area contributed by atoms with Gasteiger partial charge in [-0.3, -0.25) is 9.59 Å². The van der Waals surface area contributed by atoms with Crippen molar-refractivity contribution >= 4 is 21.8 Å². The molecule has 0 unspecified atom stereocenters. The molecule has 3 rings (SSSR count). The summed E-state index contributed by atoms with van der Waals surface area (Å²) < 4.78 is 0.913. The van der Waals surface area contributed by atoms with Gasteiger partial charge in [0, 0.05) is 27.8 Å². The minimum Gasteiger partial charge on any atom is -0.348 e. The third-order valence-electron chi connectivity index (χ3n) is 5.61. The highest BCUT2D eigenvalue weighted by Gasteiger charge is 2.19. The maximum Gasteiger partial charge on any atom is 0.253 e. The number of aromatic amines is 1. The number of pyridine rings is 1. The highest BCUT2D eigenvalue weighted by molar-refractivity contribution is 9.10. The fraction of sp³-hybridized carbons (Fsp3) is 0.455. The molecule has 150 valence electrons. The maximum absolute atomic E-state index is 12.9. The Hall–Kier alpha value is -1.92. The molecule has 3 N–H and O–H groups in total. The Labute approximate surface area is 174 Å². The molecule has 5 nitrogen and oxygen atoms in total. The van der Waals surface area contributed by atoms with E-state index in [0.717, 1.165) is 40.8 Å². The smallest absolute Gasteiger partial charge is 0.253 e. The summed E-state index contributed by atoms with van der Waals surface area (Å²) in [6.07, 6.45) is 3.33. The number of H-pyrrole nitrogens is 1. The number of carbonyl (C=O) groups excluding carboxylic acids is 1. The maximum atomic E-state index is 12.9. The Kier molecular flexibility index (Phi) is 6.73. The first-order valence-electron chi connectivity index (χ1n) is 9.82. The minimum atomic E-state index is -0.148. The summed E-state index contributed by atoms with van der Waals surface area (Å²) in [5.74, 6) is 0.503. The van der Waals surface area contributed by atoms with Crippen LogP contribution in [0.3, 0.4) is 0 Å². The van der Waals surface area contributed by atoms with Crippen LogP contribution >= 0.6 is 15.9 Å². The molecular weight excluding hydrogens is 418 g/mol. The molecule has 2 aromatic rings. The standard InChI is InChI=1S/C22H28BrN3O2/c1-13-8-14(2)26-22(28)20(13)12-25-21(27)19-11-18(23)10-17(15(19)3)9-16-4-6-24-7-5-16/h8,10-11,16,24H,4-7,9,12H2,1-3H3,(H,25,27)(H,26,28). The molecule has 6 heteroatoms. The zero-order chi connectivity index (χ0) is 20.3. The van der Waals surface area contributed by atoms with E-state index in [0.29, 0.717) is 17.0 Å². The molecule has 0 aliphatic carbocycles. The first-order chi connectivity index (χ1) is 13.3. The van der Waals surface area contributed by atoms with E-state index in [-0.39, 0.29) is 18.0 Å². The van der Waals surface area contributed by atoms with Crippen LogP contribution in [0, 0.1) is 26.7 Å². The van der Waals surface area contributed by atoms with Gasteiger partial charge in [0.25, 0.3) is 11.5 Å². The second-order valence-corrected chi connectivity index (χ2v) is 8.68. The van der Waals surface area contributed by atoms with Crippen molar-refractivity contribution in [3.05, 3.63) is 66.5 Å². The van der Waals surface area contributed by atoms with Crippen molar-refractivity contribution in [2.45, 2.75) is 46.6 Å². The van der Waals surface area contributed by atoms with Crippen LogP contribution in [0.1, 0.15) is 51.1 Å². The Morgan fingerprint density at radius 1 is 1.18 bits per heavy atom. The summed E-state index contributed by atoms with van der Waals surface area (Å²) in [4.78, 5) is 27.9. The first kappa shape index (κ1) is 20.8. The fourth-order valence-corrected chi connectivity index (χ4v) is 4.45. The van der Waals surface area contributed by atoms with Crippen LogP contribution in [0.2, 0.25) is 0 Å². The molecule has 0 atom stereocenters. The fourth-order valence-electron chi connectivity index (χ4n) is 3.95. The Morgan fingerprint density at radius 2 is 1.89 bits per heavy atom. The number of piperidine rings is 1. The molecule has 0 bridgehead atoms. The molecule has 1 aromatic heterocycles. The number of nitrogens with one attached hydrogen (secondary N) is 3. The van der Waals surface area contributed by atoms with Gasteiger partial charge >= 0.3 is 0 Å². The highest BCUT2D eigenvalue weighted by Crippen LogP contribution is 2.26. The minimum absolute atomic E-state index is 0.143. The lowest BCUT2D eigenvalue weighted by molar-refractivity contribution is 0.0950. The third kappa shape index (κ3) is 4.92. The van der Waals surface area contributed by atoms with Crippen molar-refractivity contribution in [3.63, 3.8) is 0 Å². The van der Waals surface area contributed by atoms with Gasteiger partial charge in [-0.25, -0.2) is 0 Å². The Bertz CT molecular complexity index is 930. The van der Waals surface area contributed by atoms with Gasteiger partial charge in [-0.15, -0.1) is 0 Å². The molecule has 0 radical (unpaired) electrons. The summed E-state index contributed by atoms with van der Waals surface area (Å²) in [5.41, 5.74) is 5.07. The molecule has 1 amide bonds. The van der Waals surface area contributed by atoms with Gasteiger partial charge in [-0.05, 0) is 93.9 Å². The normalized spacial score (nSPS) is 14.9. The Morgan fingerprint density at radius 3 is 2.57 bits per heavy atom. The lowest BCUT2D eigenvalue weighted by Gasteiger charge is -2.24. The summed E-state index contributed by atoms with van der Waals surface area (Å²) in [5, 5.41) is 6.32. The van der Waals surface area contributed by atoms with Gasteiger partial charge in [0.2, 0.25) is 0 Å². The molecular formula is C22H28BrN3O2. The van der Waals surface area contributed by atoms with Crippen molar-refractivity contribution < 1.29 is 4.79 Å². The topological polar surface area (TPSA) is 74.0 Å². The summed E-state index contributed by atoms with van der Waals surface area (Å²) in [6, 6.07) is 5.91. The number of carbonyl (C=O) groups is 1.